The first-order valence-corrected chi connectivity index (χ1v) is 8.58. The Morgan fingerprint density at radius 3 is 3.00 bits per heavy atom. The van der Waals surface area contributed by atoms with E-state index in [1.54, 1.807) is 12.3 Å². The molecule has 0 aliphatic carbocycles. The molecular weight excluding hydrogens is 310 g/mol. The van der Waals surface area contributed by atoms with Gasteiger partial charge in [0.1, 0.15) is 5.69 Å². The average molecular weight is 335 g/mol. The normalized spacial score (nSPS) is 21.6. The van der Waals surface area contributed by atoms with Gasteiger partial charge in [-0.1, -0.05) is 0 Å². The average Bonchev–Trinajstić information content (AvgIpc) is 3.15. The summed E-state index contributed by atoms with van der Waals surface area (Å²) in [4.78, 5) is 22.9. The van der Waals surface area contributed by atoms with Crippen molar-refractivity contribution in [2.45, 2.75) is 18.9 Å². The van der Waals surface area contributed by atoms with E-state index >= 15 is 0 Å². The number of ether oxygens (including phenoxy) is 2. The number of rotatable bonds is 7. The Hall–Kier alpha value is -1.77. The van der Waals surface area contributed by atoms with Crippen LogP contribution in [0.3, 0.4) is 0 Å². The van der Waals surface area contributed by atoms with Crippen molar-refractivity contribution in [2.24, 2.45) is 0 Å². The van der Waals surface area contributed by atoms with Crippen LogP contribution in [0.25, 0.3) is 0 Å². The molecule has 0 bridgehead atoms. The maximum Gasteiger partial charge on any atom is 0.270 e. The molecule has 1 aromatic heterocycles. The fourth-order valence-corrected chi connectivity index (χ4v) is 2.82. The zero-order chi connectivity index (χ0) is 16.6. The molecule has 3 rings (SSSR count). The molecule has 0 radical (unpaired) electrons. The van der Waals surface area contributed by atoms with E-state index in [-0.39, 0.29) is 12.0 Å². The zero-order valence-electron chi connectivity index (χ0n) is 13.9. The van der Waals surface area contributed by atoms with Crippen molar-refractivity contribution in [1.29, 1.82) is 0 Å². The van der Waals surface area contributed by atoms with E-state index in [4.69, 9.17) is 9.47 Å². The minimum atomic E-state index is -0.175. The zero-order valence-corrected chi connectivity index (χ0v) is 13.9. The molecule has 0 saturated carbocycles. The van der Waals surface area contributed by atoms with Gasteiger partial charge in [0.15, 0.2) is 0 Å². The van der Waals surface area contributed by atoms with Gasteiger partial charge in [0.2, 0.25) is 5.95 Å². The highest BCUT2D eigenvalue weighted by molar-refractivity contribution is 5.92. The van der Waals surface area contributed by atoms with Crippen LogP contribution in [0.15, 0.2) is 12.3 Å². The molecule has 3 heterocycles. The van der Waals surface area contributed by atoms with Crippen LogP contribution in [0.5, 0.6) is 0 Å². The first-order valence-electron chi connectivity index (χ1n) is 8.58. The number of carbonyl (C=O) groups excluding carboxylic acids is 1. The van der Waals surface area contributed by atoms with Crippen LogP contribution < -0.4 is 10.6 Å². The topological polar surface area (TPSA) is 88.6 Å². The van der Waals surface area contributed by atoms with Gasteiger partial charge >= 0.3 is 0 Å². The van der Waals surface area contributed by atoms with Gasteiger partial charge in [-0.25, -0.2) is 9.97 Å². The minimum Gasteiger partial charge on any atom is -0.379 e. The highest BCUT2D eigenvalue weighted by Crippen LogP contribution is 2.12. The molecular formula is C16H25N5O3. The molecule has 2 saturated heterocycles. The minimum absolute atomic E-state index is 0.175. The maximum atomic E-state index is 12.2. The molecule has 1 unspecified atom stereocenters. The summed E-state index contributed by atoms with van der Waals surface area (Å²) < 4.78 is 10.9. The van der Waals surface area contributed by atoms with E-state index in [1.165, 1.54) is 0 Å². The van der Waals surface area contributed by atoms with Crippen molar-refractivity contribution >= 4 is 11.9 Å². The number of morpholine rings is 1. The Bertz CT molecular complexity index is 530. The first-order chi connectivity index (χ1) is 11.8. The number of anilines is 1. The van der Waals surface area contributed by atoms with Crippen molar-refractivity contribution < 1.29 is 14.3 Å². The fraction of sp³-hybridized carbons (Fsp3) is 0.688. The van der Waals surface area contributed by atoms with Gasteiger partial charge < -0.3 is 20.1 Å². The Morgan fingerprint density at radius 1 is 1.33 bits per heavy atom. The van der Waals surface area contributed by atoms with Gasteiger partial charge in [-0.05, 0) is 18.9 Å². The van der Waals surface area contributed by atoms with Crippen molar-refractivity contribution in [3.63, 3.8) is 0 Å². The Labute approximate surface area is 141 Å². The van der Waals surface area contributed by atoms with E-state index in [2.05, 4.69) is 25.5 Å². The van der Waals surface area contributed by atoms with E-state index in [0.717, 1.165) is 52.3 Å². The van der Waals surface area contributed by atoms with Crippen LogP contribution in [0.2, 0.25) is 0 Å². The van der Waals surface area contributed by atoms with Crippen LogP contribution in [0.4, 0.5) is 5.95 Å². The molecule has 2 fully saturated rings. The maximum absolute atomic E-state index is 12.2. The Kier molecular flexibility index (Phi) is 6.33. The molecule has 1 amide bonds. The highest BCUT2D eigenvalue weighted by atomic mass is 16.5. The molecule has 1 atom stereocenters. The quantitative estimate of drug-likeness (QED) is 0.732. The summed E-state index contributed by atoms with van der Waals surface area (Å²) in [5.41, 5.74) is 0.377. The van der Waals surface area contributed by atoms with Gasteiger partial charge in [0.05, 0.1) is 19.3 Å². The van der Waals surface area contributed by atoms with Gasteiger partial charge in [0.25, 0.3) is 5.91 Å². The number of amides is 1. The molecule has 2 N–H and O–H groups in total. The molecule has 132 valence electrons. The van der Waals surface area contributed by atoms with Crippen LogP contribution in [0, 0.1) is 0 Å². The Balaban J connectivity index is 1.42. The molecule has 0 aromatic carbocycles. The highest BCUT2D eigenvalue weighted by Gasteiger charge is 2.16. The second-order valence-electron chi connectivity index (χ2n) is 5.99. The largest absolute Gasteiger partial charge is 0.379 e. The molecule has 8 heteroatoms. The summed E-state index contributed by atoms with van der Waals surface area (Å²) in [7, 11) is 0. The number of carbonyl (C=O) groups is 1. The SMILES string of the molecule is O=C(NCCN1CCOCC1)c1ccnc(NCC2CCCO2)n1. The monoisotopic (exact) mass is 335 g/mol. The van der Waals surface area contributed by atoms with Crippen LogP contribution >= 0.6 is 0 Å². The van der Waals surface area contributed by atoms with E-state index in [1.807, 2.05) is 0 Å². The lowest BCUT2D eigenvalue weighted by Gasteiger charge is -2.26. The first kappa shape index (κ1) is 17.1. The number of aromatic nitrogens is 2. The third-order valence-electron chi connectivity index (χ3n) is 4.22. The van der Waals surface area contributed by atoms with Crippen molar-refractivity contribution in [3.05, 3.63) is 18.0 Å². The van der Waals surface area contributed by atoms with E-state index < -0.39 is 0 Å². The second kappa shape index (κ2) is 8.91. The van der Waals surface area contributed by atoms with Crippen molar-refractivity contribution in [2.75, 3.05) is 57.9 Å². The lowest BCUT2D eigenvalue weighted by Crippen LogP contribution is -2.41. The number of nitrogens with zero attached hydrogens (tertiary/aromatic N) is 3. The summed E-state index contributed by atoms with van der Waals surface area (Å²) in [5, 5.41) is 6.05. The number of hydrogen-bond acceptors (Lipinski definition) is 7. The van der Waals surface area contributed by atoms with Crippen molar-refractivity contribution in [3.8, 4) is 0 Å². The molecule has 1 aromatic rings. The third-order valence-corrected chi connectivity index (χ3v) is 4.22. The van der Waals surface area contributed by atoms with Gasteiger partial charge in [0, 0.05) is 45.5 Å². The lowest BCUT2D eigenvalue weighted by atomic mass is 10.2. The van der Waals surface area contributed by atoms with E-state index in [0.29, 0.717) is 24.7 Å². The predicted molar refractivity (Wildman–Crippen MR) is 89.1 cm³/mol. The summed E-state index contributed by atoms with van der Waals surface area (Å²) in [6.45, 7) is 6.27. The molecule has 0 spiro atoms. The molecule has 8 nitrogen and oxygen atoms in total. The molecule has 24 heavy (non-hydrogen) atoms. The summed E-state index contributed by atoms with van der Waals surface area (Å²) in [6.07, 6.45) is 3.95. The van der Waals surface area contributed by atoms with Crippen LogP contribution in [-0.4, -0.2) is 79.4 Å². The molecule has 2 aliphatic rings. The van der Waals surface area contributed by atoms with Crippen LogP contribution in [0.1, 0.15) is 23.3 Å². The van der Waals surface area contributed by atoms with Crippen molar-refractivity contribution in [1.82, 2.24) is 20.2 Å². The number of hydrogen-bond donors (Lipinski definition) is 2. The smallest absolute Gasteiger partial charge is 0.270 e. The summed E-state index contributed by atoms with van der Waals surface area (Å²) in [5.74, 6) is 0.289. The standard InChI is InChI=1S/C16H25N5O3/c22-15(17-5-6-21-7-10-23-11-8-21)14-3-4-18-16(20-14)19-12-13-2-1-9-24-13/h3-4,13H,1-2,5-12H2,(H,17,22)(H,18,19,20). The van der Waals surface area contributed by atoms with Gasteiger partial charge in [-0.15, -0.1) is 0 Å². The number of nitrogens with one attached hydrogen (secondary N) is 2. The second-order valence-corrected chi connectivity index (χ2v) is 5.99. The van der Waals surface area contributed by atoms with E-state index in [9.17, 15) is 4.79 Å². The predicted octanol–water partition coefficient (Wildman–Crippen LogP) is 0.130. The van der Waals surface area contributed by atoms with Gasteiger partial charge in [-0.2, -0.15) is 0 Å². The lowest BCUT2D eigenvalue weighted by molar-refractivity contribution is 0.0383. The van der Waals surface area contributed by atoms with Crippen LogP contribution in [-0.2, 0) is 9.47 Å². The fourth-order valence-electron chi connectivity index (χ4n) is 2.82. The third kappa shape index (κ3) is 5.12. The Morgan fingerprint density at radius 2 is 2.21 bits per heavy atom. The van der Waals surface area contributed by atoms with Gasteiger partial charge in [-0.3, -0.25) is 9.69 Å². The summed E-state index contributed by atoms with van der Waals surface area (Å²) in [6, 6.07) is 1.63. The summed E-state index contributed by atoms with van der Waals surface area (Å²) >= 11 is 0. The molecule has 2 aliphatic heterocycles.